The monoisotopic (exact) mass is 365 g/mol. The van der Waals surface area contributed by atoms with Gasteiger partial charge in [-0.2, -0.15) is 0 Å². The third kappa shape index (κ3) is 3.55. The van der Waals surface area contributed by atoms with Gasteiger partial charge in [-0.05, 0) is 68.4 Å². The van der Waals surface area contributed by atoms with E-state index in [-0.39, 0.29) is 5.11 Å². The molecule has 0 unspecified atom stereocenters. The van der Waals surface area contributed by atoms with Gasteiger partial charge in [-0.15, -0.1) is 0 Å². The molecule has 2 amide bonds. The van der Waals surface area contributed by atoms with Crippen molar-refractivity contribution in [2.45, 2.75) is 20.8 Å². The van der Waals surface area contributed by atoms with Crippen molar-refractivity contribution >= 4 is 46.7 Å². The minimum Gasteiger partial charge on any atom is -0.301 e. The number of aliphatic imine (C=N–C) groups is 1. The van der Waals surface area contributed by atoms with Gasteiger partial charge in [0.1, 0.15) is 0 Å². The first-order chi connectivity index (χ1) is 12.4. The van der Waals surface area contributed by atoms with Gasteiger partial charge in [0.25, 0.3) is 5.91 Å². The summed E-state index contributed by atoms with van der Waals surface area (Å²) in [4.78, 5) is 30.8. The minimum atomic E-state index is -1.02. The van der Waals surface area contributed by atoms with Crippen LogP contribution in [0.4, 0.5) is 11.4 Å². The molecule has 3 rings (SSSR count). The smallest absolute Gasteiger partial charge is 0.251 e. The summed E-state index contributed by atoms with van der Waals surface area (Å²) in [6.45, 7) is 5.96. The van der Waals surface area contributed by atoms with Crippen LogP contribution in [0.2, 0.25) is 0 Å². The van der Waals surface area contributed by atoms with E-state index < -0.39 is 17.7 Å². The Morgan fingerprint density at radius 2 is 1.73 bits per heavy atom. The van der Waals surface area contributed by atoms with E-state index in [0.717, 1.165) is 16.7 Å². The van der Waals surface area contributed by atoms with Crippen LogP contribution in [0.1, 0.15) is 16.7 Å². The van der Waals surface area contributed by atoms with Crippen LogP contribution in [0.15, 0.2) is 47.5 Å². The minimum absolute atomic E-state index is 0.0830. The maximum absolute atomic E-state index is 12.9. The number of nitrogens with zero attached hydrogens (tertiary/aromatic N) is 2. The Morgan fingerprint density at radius 3 is 2.38 bits per heavy atom. The molecule has 0 saturated carbocycles. The van der Waals surface area contributed by atoms with E-state index in [1.807, 2.05) is 51.1 Å². The lowest BCUT2D eigenvalue weighted by atomic mass is 10.1. The molecule has 1 N–H and O–H groups in total. The summed E-state index contributed by atoms with van der Waals surface area (Å²) in [5.74, 6) is -1.89. The summed E-state index contributed by atoms with van der Waals surface area (Å²) in [5, 5.41) is 2.67. The van der Waals surface area contributed by atoms with E-state index in [0.29, 0.717) is 11.4 Å². The van der Waals surface area contributed by atoms with Gasteiger partial charge in [0.2, 0.25) is 5.91 Å². The second kappa shape index (κ2) is 7.17. The van der Waals surface area contributed by atoms with Gasteiger partial charge >= 0.3 is 0 Å². The van der Waals surface area contributed by atoms with Crippen LogP contribution in [0, 0.1) is 26.7 Å². The van der Waals surface area contributed by atoms with Crippen molar-refractivity contribution in [2.24, 2.45) is 10.9 Å². The number of hydrogen-bond donors (Lipinski definition) is 1. The van der Waals surface area contributed by atoms with Gasteiger partial charge in [-0.25, -0.2) is 0 Å². The number of carbonyl (C=O) groups excluding carboxylic acids is 2. The Kier molecular flexibility index (Phi) is 4.95. The molecule has 0 aromatic heterocycles. The number of benzene rings is 2. The fourth-order valence-electron chi connectivity index (χ4n) is 2.63. The summed E-state index contributed by atoms with van der Waals surface area (Å²) >= 11 is 5.19. The second-order valence-electron chi connectivity index (χ2n) is 6.33. The fourth-order valence-corrected chi connectivity index (χ4v) is 2.92. The van der Waals surface area contributed by atoms with Gasteiger partial charge in [0, 0.05) is 6.21 Å². The van der Waals surface area contributed by atoms with Crippen LogP contribution in [-0.2, 0) is 9.59 Å². The van der Waals surface area contributed by atoms with Crippen LogP contribution in [-0.4, -0.2) is 23.1 Å². The van der Waals surface area contributed by atoms with Crippen LogP contribution >= 0.6 is 12.2 Å². The second-order valence-corrected chi connectivity index (χ2v) is 6.71. The number of carbonyl (C=O) groups is 2. The SMILES string of the molecule is Cc1ccc(N2C(=O)[C@@H](C=Nc3ccc(C)c(C)c3)C(=O)NC2=S)cc1. The van der Waals surface area contributed by atoms with Crippen molar-refractivity contribution < 1.29 is 9.59 Å². The summed E-state index contributed by atoms with van der Waals surface area (Å²) in [5.41, 5.74) is 4.65. The molecule has 1 saturated heterocycles. The summed E-state index contributed by atoms with van der Waals surface area (Å²) in [7, 11) is 0. The van der Waals surface area contributed by atoms with E-state index >= 15 is 0 Å². The highest BCUT2D eigenvalue weighted by atomic mass is 32.1. The number of rotatable bonds is 3. The highest BCUT2D eigenvalue weighted by molar-refractivity contribution is 7.80. The Hall–Kier alpha value is -2.86. The highest BCUT2D eigenvalue weighted by Gasteiger charge is 2.38. The number of nitrogens with one attached hydrogen (secondary N) is 1. The molecule has 6 heteroatoms. The zero-order chi connectivity index (χ0) is 18.8. The Morgan fingerprint density at radius 1 is 1.04 bits per heavy atom. The van der Waals surface area contributed by atoms with Gasteiger partial charge in [0.15, 0.2) is 11.0 Å². The molecule has 1 aliphatic heterocycles. The summed E-state index contributed by atoms with van der Waals surface area (Å²) in [6, 6.07) is 13.1. The Bertz CT molecular complexity index is 919. The van der Waals surface area contributed by atoms with E-state index in [2.05, 4.69) is 10.3 Å². The molecule has 0 spiro atoms. The molecule has 26 heavy (non-hydrogen) atoms. The van der Waals surface area contributed by atoms with Crippen molar-refractivity contribution in [2.75, 3.05) is 4.90 Å². The van der Waals surface area contributed by atoms with E-state index in [4.69, 9.17) is 12.2 Å². The topological polar surface area (TPSA) is 61.8 Å². The average Bonchev–Trinajstić information content (AvgIpc) is 2.59. The lowest BCUT2D eigenvalue weighted by Crippen LogP contribution is -2.58. The van der Waals surface area contributed by atoms with Crippen molar-refractivity contribution in [3.05, 3.63) is 59.2 Å². The quantitative estimate of drug-likeness (QED) is 0.515. The number of thiocarbonyl (C=S) groups is 1. The van der Waals surface area contributed by atoms with E-state index in [1.54, 1.807) is 12.1 Å². The van der Waals surface area contributed by atoms with Gasteiger partial charge in [-0.1, -0.05) is 23.8 Å². The predicted molar refractivity (Wildman–Crippen MR) is 107 cm³/mol. The molecule has 1 atom stereocenters. The first-order valence-electron chi connectivity index (χ1n) is 8.24. The molecular weight excluding hydrogens is 346 g/mol. The van der Waals surface area contributed by atoms with Crippen LogP contribution in [0.5, 0.6) is 0 Å². The van der Waals surface area contributed by atoms with Crippen molar-refractivity contribution in [1.29, 1.82) is 0 Å². The third-order valence-electron chi connectivity index (χ3n) is 4.36. The van der Waals surface area contributed by atoms with Crippen molar-refractivity contribution in [3.8, 4) is 0 Å². The van der Waals surface area contributed by atoms with E-state index in [9.17, 15) is 9.59 Å². The maximum atomic E-state index is 12.9. The Balaban J connectivity index is 1.88. The first kappa shape index (κ1) is 17.9. The molecule has 1 aliphatic rings. The predicted octanol–water partition coefficient (Wildman–Crippen LogP) is 3.38. The molecule has 2 aromatic carbocycles. The van der Waals surface area contributed by atoms with Crippen molar-refractivity contribution in [1.82, 2.24) is 5.32 Å². The van der Waals surface area contributed by atoms with E-state index in [1.165, 1.54) is 11.1 Å². The zero-order valence-corrected chi connectivity index (χ0v) is 15.6. The van der Waals surface area contributed by atoms with Gasteiger partial charge in [-0.3, -0.25) is 19.5 Å². The lowest BCUT2D eigenvalue weighted by molar-refractivity contribution is -0.130. The molecular formula is C20H19N3O2S. The van der Waals surface area contributed by atoms with Crippen LogP contribution in [0.25, 0.3) is 0 Å². The number of anilines is 1. The van der Waals surface area contributed by atoms with Gasteiger partial charge in [0.05, 0.1) is 11.4 Å². The maximum Gasteiger partial charge on any atom is 0.251 e. The standard InChI is InChI=1S/C20H19N3O2S/c1-12-4-8-16(9-5-12)23-19(25)17(18(24)22-20(23)26)11-21-15-7-6-13(2)14(3)10-15/h4-11,17H,1-3H3,(H,22,24,26)/t17-/m0/s1. The molecule has 2 aromatic rings. The largest absolute Gasteiger partial charge is 0.301 e. The van der Waals surface area contributed by atoms with Crippen LogP contribution in [0.3, 0.4) is 0 Å². The first-order valence-corrected chi connectivity index (χ1v) is 8.64. The molecule has 0 radical (unpaired) electrons. The third-order valence-corrected chi connectivity index (χ3v) is 4.64. The van der Waals surface area contributed by atoms with Gasteiger partial charge < -0.3 is 5.32 Å². The number of amides is 2. The normalized spacial score (nSPS) is 17.7. The highest BCUT2D eigenvalue weighted by Crippen LogP contribution is 2.22. The Labute approximate surface area is 157 Å². The molecule has 1 heterocycles. The van der Waals surface area contributed by atoms with Crippen LogP contribution < -0.4 is 10.2 Å². The zero-order valence-electron chi connectivity index (χ0n) is 14.8. The lowest BCUT2D eigenvalue weighted by Gasteiger charge is -2.30. The number of hydrogen-bond acceptors (Lipinski definition) is 4. The average molecular weight is 365 g/mol. The number of aryl methyl sites for hydroxylation is 3. The molecule has 1 fully saturated rings. The summed E-state index contributed by atoms with van der Waals surface area (Å²) in [6.07, 6.45) is 1.38. The molecule has 5 nitrogen and oxygen atoms in total. The fraction of sp³-hybridized carbons (Fsp3) is 0.200. The van der Waals surface area contributed by atoms with Crippen molar-refractivity contribution in [3.63, 3.8) is 0 Å². The summed E-state index contributed by atoms with van der Waals surface area (Å²) < 4.78 is 0. The molecule has 0 bridgehead atoms. The molecule has 132 valence electrons. The molecule has 0 aliphatic carbocycles.